The minimum absolute atomic E-state index is 0.00358. The number of nitrogen functional groups attached to an aromatic ring is 1. The SMILES string of the molecule is CC1(CNS(=O)(=O)c2c[nH]c3cc(N)ccc23)CCCS1. The average molecular weight is 325 g/mol. The predicted molar refractivity (Wildman–Crippen MR) is 88.0 cm³/mol. The van der Waals surface area contributed by atoms with Crippen LogP contribution in [0.1, 0.15) is 19.8 Å². The van der Waals surface area contributed by atoms with Crippen molar-refractivity contribution in [2.24, 2.45) is 0 Å². The third-order valence-corrected chi connectivity index (χ3v) is 6.87. The molecule has 1 aliphatic heterocycles. The van der Waals surface area contributed by atoms with Crippen LogP contribution in [0, 0.1) is 0 Å². The Hall–Kier alpha value is -1.18. The summed E-state index contributed by atoms with van der Waals surface area (Å²) >= 11 is 1.84. The van der Waals surface area contributed by atoms with Gasteiger partial charge in [-0.15, -0.1) is 0 Å². The number of rotatable bonds is 4. The van der Waals surface area contributed by atoms with Crippen LogP contribution in [-0.2, 0) is 10.0 Å². The van der Waals surface area contributed by atoms with Gasteiger partial charge in [0.1, 0.15) is 4.90 Å². The minimum Gasteiger partial charge on any atom is -0.399 e. The molecule has 0 aliphatic carbocycles. The lowest BCUT2D eigenvalue weighted by Gasteiger charge is -2.22. The number of benzene rings is 1. The number of hydrogen-bond acceptors (Lipinski definition) is 4. The standard InChI is InChI=1S/C14H19N3O2S2/c1-14(5-2-6-20-14)9-17-21(18,19)13-8-16-12-7-10(15)3-4-11(12)13/h3-4,7-8,16-17H,2,5-6,9,15H2,1H3. The van der Waals surface area contributed by atoms with Gasteiger partial charge in [0.15, 0.2) is 0 Å². The van der Waals surface area contributed by atoms with Gasteiger partial charge in [-0.25, -0.2) is 13.1 Å². The Balaban J connectivity index is 1.86. The first-order chi connectivity index (χ1) is 9.90. The van der Waals surface area contributed by atoms with Gasteiger partial charge in [-0.05, 0) is 43.7 Å². The van der Waals surface area contributed by atoms with Crippen molar-refractivity contribution in [3.05, 3.63) is 24.4 Å². The minimum atomic E-state index is -3.52. The summed E-state index contributed by atoms with van der Waals surface area (Å²) < 4.78 is 27.8. The molecular formula is C14H19N3O2S2. The van der Waals surface area contributed by atoms with E-state index in [4.69, 9.17) is 5.73 Å². The van der Waals surface area contributed by atoms with E-state index in [9.17, 15) is 8.42 Å². The molecule has 1 aliphatic rings. The molecule has 2 heterocycles. The highest BCUT2D eigenvalue weighted by Gasteiger charge is 2.31. The molecule has 21 heavy (non-hydrogen) atoms. The molecule has 0 saturated carbocycles. The maximum atomic E-state index is 12.5. The molecule has 3 rings (SSSR count). The molecular weight excluding hydrogens is 306 g/mol. The van der Waals surface area contributed by atoms with Crippen molar-refractivity contribution in [3.8, 4) is 0 Å². The molecule has 7 heteroatoms. The summed E-state index contributed by atoms with van der Waals surface area (Å²) in [5, 5.41) is 0.668. The Morgan fingerprint density at radius 3 is 3.00 bits per heavy atom. The van der Waals surface area contributed by atoms with Crippen LogP contribution >= 0.6 is 11.8 Å². The van der Waals surface area contributed by atoms with Gasteiger partial charge in [-0.1, -0.05) is 0 Å². The predicted octanol–water partition coefficient (Wildman–Crippen LogP) is 2.31. The van der Waals surface area contributed by atoms with Gasteiger partial charge in [-0.2, -0.15) is 11.8 Å². The summed E-state index contributed by atoms with van der Waals surface area (Å²) in [4.78, 5) is 3.25. The molecule has 1 saturated heterocycles. The first-order valence-corrected chi connectivity index (χ1v) is 9.37. The van der Waals surface area contributed by atoms with E-state index in [1.165, 1.54) is 6.20 Å². The fourth-order valence-electron chi connectivity index (χ4n) is 2.64. The van der Waals surface area contributed by atoms with Crippen LogP contribution in [0.15, 0.2) is 29.3 Å². The zero-order valence-electron chi connectivity index (χ0n) is 11.8. The molecule has 0 bridgehead atoms. The van der Waals surface area contributed by atoms with Crippen LogP contribution in [0.25, 0.3) is 10.9 Å². The molecule has 1 unspecified atom stereocenters. The third-order valence-electron chi connectivity index (χ3n) is 3.89. The Morgan fingerprint density at radius 2 is 2.29 bits per heavy atom. The van der Waals surface area contributed by atoms with E-state index in [-0.39, 0.29) is 9.64 Å². The molecule has 0 amide bonds. The zero-order valence-corrected chi connectivity index (χ0v) is 13.5. The van der Waals surface area contributed by atoms with Gasteiger partial charge in [0, 0.05) is 34.1 Å². The van der Waals surface area contributed by atoms with Gasteiger partial charge < -0.3 is 10.7 Å². The third kappa shape index (κ3) is 2.90. The van der Waals surface area contributed by atoms with Crippen LogP contribution in [0.2, 0.25) is 0 Å². The molecule has 1 aromatic carbocycles. The van der Waals surface area contributed by atoms with E-state index < -0.39 is 10.0 Å². The number of anilines is 1. The van der Waals surface area contributed by atoms with Crippen LogP contribution in [0.4, 0.5) is 5.69 Å². The molecule has 1 atom stereocenters. The molecule has 4 N–H and O–H groups in total. The molecule has 1 aromatic heterocycles. The topological polar surface area (TPSA) is 88.0 Å². The Labute approximate surface area is 128 Å². The average Bonchev–Trinajstić information content (AvgIpc) is 3.03. The molecule has 1 fully saturated rings. The van der Waals surface area contributed by atoms with Crippen molar-refractivity contribution in [3.63, 3.8) is 0 Å². The largest absolute Gasteiger partial charge is 0.399 e. The van der Waals surface area contributed by atoms with Crippen molar-refractivity contribution in [2.45, 2.75) is 29.4 Å². The van der Waals surface area contributed by atoms with E-state index in [0.29, 0.717) is 17.6 Å². The number of nitrogens with one attached hydrogen (secondary N) is 2. The van der Waals surface area contributed by atoms with E-state index in [0.717, 1.165) is 24.1 Å². The van der Waals surface area contributed by atoms with E-state index >= 15 is 0 Å². The first kappa shape index (κ1) is 14.7. The smallest absolute Gasteiger partial charge is 0.242 e. The highest BCUT2D eigenvalue weighted by Crippen LogP contribution is 2.37. The highest BCUT2D eigenvalue weighted by atomic mass is 32.2. The van der Waals surface area contributed by atoms with Crippen LogP contribution < -0.4 is 10.5 Å². The van der Waals surface area contributed by atoms with Crippen LogP contribution in [0.3, 0.4) is 0 Å². The number of thioether (sulfide) groups is 1. The summed E-state index contributed by atoms with van der Waals surface area (Å²) in [5.41, 5.74) is 7.05. The van der Waals surface area contributed by atoms with Crippen molar-refractivity contribution in [1.29, 1.82) is 0 Å². The number of sulfonamides is 1. The van der Waals surface area contributed by atoms with Crippen LogP contribution in [-0.4, -0.2) is 30.4 Å². The van der Waals surface area contributed by atoms with Gasteiger partial charge in [0.05, 0.1) is 0 Å². The summed E-state index contributed by atoms with van der Waals surface area (Å²) in [6.45, 7) is 2.57. The van der Waals surface area contributed by atoms with Crippen LogP contribution in [0.5, 0.6) is 0 Å². The second-order valence-corrected chi connectivity index (χ2v) is 9.10. The maximum Gasteiger partial charge on any atom is 0.242 e. The number of H-pyrrole nitrogens is 1. The zero-order chi connectivity index (χ0) is 15.1. The van der Waals surface area contributed by atoms with Crippen molar-refractivity contribution >= 4 is 38.4 Å². The van der Waals surface area contributed by atoms with Gasteiger partial charge in [-0.3, -0.25) is 0 Å². The number of fused-ring (bicyclic) bond motifs is 1. The lowest BCUT2D eigenvalue weighted by molar-refractivity contribution is 0.553. The summed E-state index contributed by atoms with van der Waals surface area (Å²) in [7, 11) is -3.52. The Morgan fingerprint density at radius 1 is 1.48 bits per heavy atom. The molecule has 0 radical (unpaired) electrons. The van der Waals surface area contributed by atoms with E-state index in [2.05, 4.69) is 16.6 Å². The van der Waals surface area contributed by atoms with Crippen molar-refractivity contribution in [1.82, 2.24) is 9.71 Å². The van der Waals surface area contributed by atoms with Gasteiger partial charge in [0.2, 0.25) is 10.0 Å². The quantitative estimate of drug-likeness (QED) is 0.753. The fraction of sp³-hybridized carbons (Fsp3) is 0.429. The molecule has 5 nitrogen and oxygen atoms in total. The Bertz CT molecular complexity index is 762. The molecule has 114 valence electrons. The maximum absolute atomic E-state index is 12.5. The number of nitrogens with two attached hydrogens (primary N) is 1. The Kier molecular flexibility index (Phi) is 3.67. The molecule has 2 aromatic rings. The van der Waals surface area contributed by atoms with Crippen molar-refractivity contribution in [2.75, 3.05) is 18.0 Å². The van der Waals surface area contributed by atoms with E-state index in [1.54, 1.807) is 18.2 Å². The van der Waals surface area contributed by atoms with E-state index in [1.807, 2.05) is 11.8 Å². The monoisotopic (exact) mass is 325 g/mol. The lowest BCUT2D eigenvalue weighted by atomic mass is 10.1. The summed E-state index contributed by atoms with van der Waals surface area (Å²) in [6.07, 6.45) is 3.72. The summed E-state index contributed by atoms with van der Waals surface area (Å²) in [5.74, 6) is 1.10. The normalized spacial score (nSPS) is 22.9. The second kappa shape index (κ2) is 5.23. The summed E-state index contributed by atoms with van der Waals surface area (Å²) in [6, 6.07) is 5.19. The number of hydrogen-bond donors (Lipinski definition) is 3. The van der Waals surface area contributed by atoms with Gasteiger partial charge >= 0.3 is 0 Å². The van der Waals surface area contributed by atoms with Gasteiger partial charge in [0.25, 0.3) is 0 Å². The second-order valence-electron chi connectivity index (χ2n) is 5.68. The lowest BCUT2D eigenvalue weighted by Crippen LogP contribution is -2.36. The first-order valence-electron chi connectivity index (χ1n) is 6.90. The number of aromatic nitrogens is 1. The highest BCUT2D eigenvalue weighted by molar-refractivity contribution is 8.01. The number of aromatic amines is 1. The molecule has 0 spiro atoms. The fourth-order valence-corrected chi connectivity index (χ4v) is 5.32. The van der Waals surface area contributed by atoms with Crippen molar-refractivity contribution < 1.29 is 8.42 Å².